The molecule has 1 heterocycles. The lowest BCUT2D eigenvalue weighted by Gasteiger charge is -2.33. The van der Waals surface area contributed by atoms with Crippen LogP contribution in [0.5, 0.6) is 17.2 Å². The van der Waals surface area contributed by atoms with Crippen molar-refractivity contribution in [3.63, 3.8) is 0 Å². The second kappa shape index (κ2) is 9.58. The first-order chi connectivity index (χ1) is 15.5. The molecule has 0 aliphatic rings. The smallest absolute Gasteiger partial charge is 0.247 e. The average Bonchev–Trinajstić information content (AvgIpc) is 3.25. The zero-order valence-corrected chi connectivity index (χ0v) is 20.8. The Balaban J connectivity index is 1.98. The monoisotopic (exact) mass is 495 g/mol. The molecule has 0 bridgehead atoms. The van der Waals surface area contributed by atoms with Gasteiger partial charge in [0.25, 0.3) is 0 Å². The molecule has 0 atom stereocenters. The zero-order valence-electron chi connectivity index (χ0n) is 19.2. The minimum absolute atomic E-state index is 0.0490. The van der Waals surface area contributed by atoms with Crippen LogP contribution in [0.3, 0.4) is 0 Å². The molecule has 0 N–H and O–H groups in total. The van der Waals surface area contributed by atoms with Crippen LogP contribution < -0.4 is 14.2 Å². The molecule has 0 saturated heterocycles. The van der Waals surface area contributed by atoms with Crippen LogP contribution in [0.2, 0.25) is 5.02 Å². The first kappa shape index (κ1) is 24.8. The Kier molecular flexibility index (Phi) is 7.20. The molecular formula is C22H26ClN3O6S. The fraction of sp³-hybridized carbons (Fsp3) is 0.364. The van der Waals surface area contributed by atoms with E-state index in [1.54, 1.807) is 52.1 Å². The summed E-state index contributed by atoms with van der Waals surface area (Å²) in [4.78, 5) is 4.35. The maximum absolute atomic E-state index is 13.6. The van der Waals surface area contributed by atoms with Gasteiger partial charge in [-0.3, -0.25) is 0 Å². The highest BCUT2D eigenvalue weighted by atomic mass is 35.5. The normalized spacial score (nSPS) is 12.1. The van der Waals surface area contributed by atoms with Crippen LogP contribution in [0.4, 0.5) is 0 Å². The second-order valence-electron chi connectivity index (χ2n) is 8.06. The van der Waals surface area contributed by atoms with Crippen LogP contribution in [-0.4, -0.2) is 49.7 Å². The Morgan fingerprint density at radius 2 is 1.61 bits per heavy atom. The van der Waals surface area contributed by atoms with E-state index in [1.165, 1.54) is 30.7 Å². The van der Waals surface area contributed by atoms with Crippen molar-refractivity contribution in [1.29, 1.82) is 0 Å². The number of sulfonamides is 1. The number of benzene rings is 2. The molecule has 178 valence electrons. The largest absolute Gasteiger partial charge is 0.495 e. The molecule has 0 saturated carbocycles. The van der Waals surface area contributed by atoms with E-state index in [1.807, 2.05) is 0 Å². The third-order valence-corrected chi connectivity index (χ3v) is 7.20. The van der Waals surface area contributed by atoms with Crippen molar-refractivity contribution < 1.29 is 27.2 Å². The lowest BCUT2D eigenvalue weighted by atomic mass is 10.1. The van der Waals surface area contributed by atoms with Crippen LogP contribution in [0.25, 0.3) is 11.4 Å². The lowest BCUT2D eigenvalue weighted by Crippen LogP contribution is -2.45. The number of ether oxygens (including phenoxy) is 3. The Morgan fingerprint density at radius 1 is 0.970 bits per heavy atom. The van der Waals surface area contributed by atoms with Gasteiger partial charge in [-0.2, -0.15) is 9.29 Å². The minimum atomic E-state index is -4.04. The Morgan fingerprint density at radius 3 is 2.21 bits per heavy atom. The van der Waals surface area contributed by atoms with Gasteiger partial charge in [-0.15, -0.1) is 0 Å². The van der Waals surface area contributed by atoms with Gasteiger partial charge in [0.1, 0.15) is 10.6 Å². The SMILES string of the molecule is COc1ccc(-c2noc(CN(C(C)(C)C)S(=O)(=O)c3cc(Cl)ccc3OC)n2)cc1OC. The van der Waals surface area contributed by atoms with Gasteiger partial charge in [0.15, 0.2) is 11.5 Å². The van der Waals surface area contributed by atoms with E-state index in [-0.39, 0.29) is 33.9 Å². The molecule has 3 aromatic rings. The molecule has 0 amide bonds. The number of methoxy groups -OCH3 is 3. The maximum atomic E-state index is 13.6. The summed E-state index contributed by atoms with van der Waals surface area (Å²) < 4.78 is 49.7. The second-order valence-corrected chi connectivity index (χ2v) is 10.3. The Bertz CT molecular complexity index is 1240. The first-order valence-electron chi connectivity index (χ1n) is 9.92. The molecule has 3 rings (SSSR count). The third kappa shape index (κ3) is 5.23. The van der Waals surface area contributed by atoms with Gasteiger partial charge in [-0.05, 0) is 57.2 Å². The number of hydrogen-bond acceptors (Lipinski definition) is 8. The minimum Gasteiger partial charge on any atom is -0.495 e. The fourth-order valence-corrected chi connectivity index (χ4v) is 5.35. The van der Waals surface area contributed by atoms with Crippen LogP contribution in [0.15, 0.2) is 45.8 Å². The van der Waals surface area contributed by atoms with Gasteiger partial charge < -0.3 is 18.7 Å². The molecule has 11 heteroatoms. The van der Waals surface area contributed by atoms with E-state index in [0.29, 0.717) is 17.1 Å². The number of halogens is 1. The lowest BCUT2D eigenvalue weighted by molar-refractivity contribution is 0.214. The van der Waals surface area contributed by atoms with Crippen molar-refractivity contribution in [3.8, 4) is 28.6 Å². The fourth-order valence-electron chi connectivity index (χ4n) is 3.19. The average molecular weight is 496 g/mol. The van der Waals surface area contributed by atoms with Crippen molar-refractivity contribution >= 4 is 21.6 Å². The van der Waals surface area contributed by atoms with Gasteiger partial charge in [0, 0.05) is 16.1 Å². The first-order valence-corrected chi connectivity index (χ1v) is 11.7. The molecule has 33 heavy (non-hydrogen) atoms. The van der Waals surface area contributed by atoms with Crippen LogP contribution in [-0.2, 0) is 16.6 Å². The molecule has 0 aliphatic heterocycles. The highest BCUT2D eigenvalue weighted by Gasteiger charge is 2.37. The molecule has 2 aromatic carbocycles. The number of rotatable bonds is 8. The van der Waals surface area contributed by atoms with E-state index < -0.39 is 15.6 Å². The van der Waals surface area contributed by atoms with Gasteiger partial charge in [-0.1, -0.05) is 16.8 Å². The van der Waals surface area contributed by atoms with Gasteiger partial charge in [0.2, 0.25) is 21.7 Å². The zero-order chi connectivity index (χ0) is 24.4. The van der Waals surface area contributed by atoms with E-state index in [4.69, 9.17) is 30.3 Å². The molecular weight excluding hydrogens is 470 g/mol. The highest BCUT2D eigenvalue weighted by molar-refractivity contribution is 7.89. The van der Waals surface area contributed by atoms with Crippen molar-refractivity contribution in [2.45, 2.75) is 37.8 Å². The molecule has 1 aromatic heterocycles. The van der Waals surface area contributed by atoms with Crippen LogP contribution in [0, 0.1) is 0 Å². The summed E-state index contributed by atoms with van der Waals surface area (Å²) >= 11 is 6.08. The van der Waals surface area contributed by atoms with Crippen molar-refractivity contribution in [1.82, 2.24) is 14.4 Å². The van der Waals surface area contributed by atoms with E-state index in [9.17, 15) is 8.42 Å². The van der Waals surface area contributed by atoms with E-state index >= 15 is 0 Å². The van der Waals surface area contributed by atoms with E-state index in [2.05, 4.69) is 10.1 Å². The summed E-state index contributed by atoms with van der Waals surface area (Å²) in [5.41, 5.74) is -0.186. The molecule has 0 fully saturated rings. The standard InChI is InChI=1S/C22H26ClN3O6S/c1-22(2,3)26(33(27,28)19-12-15(23)8-10-17(19)30-5)13-20-24-21(25-32-20)14-7-9-16(29-4)18(11-14)31-6/h7-12H,13H2,1-6H3. The van der Waals surface area contributed by atoms with Crippen molar-refractivity contribution in [3.05, 3.63) is 47.3 Å². The van der Waals surface area contributed by atoms with Gasteiger partial charge >= 0.3 is 0 Å². The Hall–Kier alpha value is -2.82. The number of nitrogens with zero attached hydrogens (tertiary/aromatic N) is 3. The molecule has 0 spiro atoms. The summed E-state index contributed by atoms with van der Waals surface area (Å²) in [5.74, 6) is 1.67. The number of hydrogen-bond donors (Lipinski definition) is 0. The Labute approximate surface area is 198 Å². The highest BCUT2D eigenvalue weighted by Crippen LogP contribution is 2.35. The molecule has 9 nitrogen and oxygen atoms in total. The molecule has 0 radical (unpaired) electrons. The topological polar surface area (TPSA) is 104 Å². The van der Waals surface area contributed by atoms with E-state index in [0.717, 1.165) is 0 Å². The van der Waals surface area contributed by atoms with Crippen molar-refractivity contribution in [2.24, 2.45) is 0 Å². The molecule has 0 aliphatic carbocycles. The molecule has 0 unspecified atom stereocenters. The maximum Gasteiger partial charge on any atom is 0.247 e. The quantitative estimate of drug-likeness (QED) is 0.452. The summed E-state index contributed by atoms with van der Waals surface area (Å²) in [5, 5.41) is 4.28. The summed E-state index contributed by atoms with van der Waals surface area (Å²) in [7, 11) is 0.432. The van der Waals surface area contributed by atoms with Gasteiger partial charge in [-0.25, -0.2) is 8.42 Å². The summed E-state index contributed by atoms with van der Waals surface area (Å²) in [6.45, 7) is 5.16. The van der Waals surface area contributed by atoms with Crippen molar-refractivity contribution in [2.75, 3.05) is 21.3 Å². The predicted octanol–water partition coefficient (Wildman–Crippen LogP) is 4.41. The van der Waals surface area contributed by atoms with Gasteiger partial charge in [0.05, 0.1) is 27.9 Å². The third-order valence-electron chi connectivity index (χ3n) is 4.83. The van der Waals surface area contributed by atoms with Crippen LogP contribution in [0.1, 0.15) is 26.7 Å². The number of aromatic nitrogens is 2. The van der Waals surface area contributed by atoms with Crippen LogP contribution >= 0.6 is 11.6 Å². The summed E-state index contributed by atoms with van der Waals surface area (Å²) in [6, 6.07) is 9.62. The summed E-state index contributed by atoms with van der Waals surface area (Å²) in [6.07, 6.45) is 0. The predicted molar refractivity (Wildman–Crippen MR) is 123 cm³/mol.